The van der Waals surface area contributed by atoms with E-state index in [4.69, 9.17) is 18.9 Å². The zero-order valence-electron chi connectivity index (χ0n) is 19.6. The Labute approximate surface area is 204 Å². The highest BCUT2D eigenvalue weighted by atomic mass is 16.7. The van der Waals surface area contributed by atoms with E-state index in [-0.39, 0.29) is 25.4 Å². The zero-order chi connectivity index (χ0) is 24.3. The summed E-state index contributed by atoms with van der Waals surface area (Å²) in [6.07, 6.45) is 11.6. The van der Waals surface area contributed by atoms with Crippen molar-refractivity contribution in [3.05, 3.63) is 59.7 Å². The van der Waals surface area contributed by atoms with Crippen LogP contribution in [0.3, 0.4) is 0 Å². The SMILES string of the molecule is O=C(C=Cc1ccc2c(c1)OCO2)NCCCCCCCNC(=O)C=Cc1ccc2c(c1)OCO2. The van der Waals surface area contributed by atoms with Crippen molar-refractivity contribution < 1.29 is 28.5 Å². The molecule has 2 aliphatic heterocycles. The molecular formula is C27H30N2O6. The molecule has 2 heterocycles. The molecule has 8 heteroatoms. The first kappa shape index (κ1) is 24.2. The van der Waals surface area contributed by atoms with E-state index in [1.54, 1.807) is 12.2 Å². The first-order valence-corrected chi connectivity index (χ1v) is 11.9. The van der Waals surface area contributed by atoms with E-state index in [1.165, 1.54) is 12.2 Å². The van der Waals surface area contributed by atoms with E-state index in [1.807, 2.05) is 36.4 Å². The van der Waals surface area contributed by atoms with E-state index < -0.39 is 0 Å². The van der Waals surface area contributed by atoms with Gasteiger partial charge in [-0.2, -0.15) is 0 Å². The van der Waals surface area contributed by atoms with Crippen molar-refractivity contribution in [2.45, 2.75) is 32.1 Å². The number of fused-ring (bicyclic) bond motifs is 2. The number of nitrogens with one attached hydrogen (secondary N) is 2. The van der Waals surface area contributed by atoms with Crippen LogP contribution in [0.5, 0.6) is 23.0 Å². The average molecular weight is 479 g/mol. The van der Waals surface area contributed by atoms with E-state index in [0.717, 1.165) is 54.7 Å². The van der Waals surface area contributed by atoms with Gasteiger partial charge in [0, 0.05) is 25.2 Å². The van der Waals surface area contributed by atoms with Gasteiger partial charge in [0.1, 0.15) is 0 Å². The number of hydrogen-bond donors (Lipinski definition) is 2. The molecule has 2 aromatic carbocycles. The van der Waals surface area contributed by atoms with Gasteiger partial charge in [0.05, 0.1) is 0 Å². The summed E-state index contributed by atoms with van der Waals surface area (Å²) in [5.41, 5.74) is 1.78. The first-order valence-electron chi connectivity index (χ1n) is 11.9. The molecule has 0 spiro atoms. The van der Waals surface area contributed by atoms with Crippen LogP contribution in [0.2, 0.25) is 0 Å². The Morgan fingerprint density at radius 1 is 0.629 bits per heavy atom. The van der Waals surface area contributed by atoms with E-state index in [0.29, 0.717) is 24.6 Å². The Morgan fingerprint density at radius 2 is 1.06 bits per heavy atom. The number of unbranched alkanes of at least 4 members (excludes halogenated alkanes) is 4. The molecule has 184 valence electrons. The molecule has 35 heavy (non-hydrogen) atoms. The number of amides is 2. The molecule has 0 unspecified atom stereocenters. The molecule has 2 N–H and O–H groups in total. The fourth-order valence-electron chi connectivity index (χ4n) is 3.70. The second-order valence-electron chi connectivity index (χ2n) is 8.24. The molecule has 0 aromatic heterocycles. The minimum absolute atomic E-state index is 0.112. The smallest absolute Gasteiger partial charge is 0.243 e. The fraction of sp³-hybridized carbons (Fsp3) is 0.333. The lowest BCUT2D eigenvalue weighted by Gasteiger charge is -2.04. The van der Waals surface area contributed by atoms with E-state index in [2.05, 4.69) is 10.6 Å². The Hall–Kier alpha value is -3.94. The molecule has 2 aromatic rings. The third kappa shape index (κ3) is 7.53. The highest BCUT2D eigenvalue weighted by Crippen LogP contribution is 2.33. The van der Waals surface area contributed by atoms with Gasteiger partial charge in [0.2, 0.25) is 25.4 Å². The van der Waals surface area contributed by atoms with Crippen molar-refractivity contribution in [1.29, 1.82) is 0 Å². The average Bonchev–Trinajstić information content (AvgIpc) is 3.53. The predicted octanol–water partition coefficient (Wildman–Crippen LogP) is 4.05. The van der Waals surface area contributed by atoms with Crippen LogP contribution in [-0.4, -0.2) is 38.5 Å². The lowest BCUT2D eigenvalue weighted by atomic mass is 10.1. The van der Waals surface area contributed by atoms with Crippen LogP contribution in [0.1, 0.15) is 43.2 Å². The normalized spacial score (nSPS) is 13.5. The summed E-state index contributed by atoms with van der Waals surface area (Å²) in [6.45, 7) is 1.76. The van der Waals surface area contributed by atoms with Gasteiger partial charge in [-0.05, 0) is 60.4 Å². The van der Waals surface area contributed by atoms with Gasteiger partial charge in [-0.25, -0.2) is 0 Å². The van der Waals surface area contributed by atoms with Crippen LogP contribution in [0.15, 0.2) is 48.6 Å². The third-order valence-electron chi connectivity index (χ3n) is 5.60. The number of rotatable bonds is 12. The summed E-state index contributed by atoms with van der Waals surface area (Å²) in [6, 6.07) is 11.1. The zero-order valence-corrected chi connectivity index (χ0v) is 19.6. The van der Waals surface area contributed by atoms with E-state index in [9.17, 15) is 9.59 Å². The second-order valence-corrected chi connectivity index (χ2v) is 8.24. The molecule has 0 fully saturated rings. The Balaban J connectivity index is 1.00. The third-order valence-corrected chi connectivity index (χ3v) is 5.60. The van der Waals surface area contributed by atoms with Crippen molar-refractivity contribution >= 4 is 24.0 Å². The fourth-order valence-corrected chi connectivity index (χ4v) is 3.70. The molecule has 0 saturated heterocycles. The van der Waals surface area contributed by atoms with Crippen molar-refractivity contribution in [1.82, 2.24) is 10.6 Å². The van der Waals surface area contributed by atoms with Gasteiger partial charge in [-0.15, -0.1) is 0 Å². The summed E-state index contributed by atoms with van der Waals surface area (Å²) in [7, 11) is 0. The number of carbonyl (C=O) groups excluding carboxylic acids is 2. The number of benzene rings is 2. The Morgan fingerprint density at radius 3 is 1.54 bits per heavy atom. The molecule has 4 rings (SSSR count). The molecule has 0 radical (unpaired) electrons. The highest BCUT2D eigenvalue weighted by molar-refractivity contribution is 5.92. The second kappa shape index (κ2) is 12.5. The largest absolute Gasteiger partial charge is 0.454 e. The van der Waals surface area contributed by atoms with Gasteiger partial charge in [-0.3, -0.25) is 9.59 Å². The van der Waals surface area contributed by atoms with Crippen LogP contribution < -0.4 is 29.6 Å². The van der Waals surface area contributed by atoms with Gasteiger partial charge in [-0.1, -0.05) is 31.4 Å². The Kier molecular flexibility index (Phi) is 8.64. The van der Waals surface area contributed by atoms with Crippen LogP contribution in [0.25, 0.3) is 12.2 Å². The summed E-state index contributed by atoms with van der Waals surface area (Å²) in [5, 5.41) is 5.80. The molecule has 0 atom stereocenters. The maximum Gasteiger partial charge on any atom is 0.243 e. The van der Waals surface area contributed by atoms with Gasteiger partial charge >= 0.3 is 0 Å². The summed E-state index contributed by atoms with van der Waals surface area (Å²) < 4.78 is 21.2. The summed E-state index contributed by atoms with van der Waals surface area (Å²) in [5.74, 6) is 2.62. The lowest BCUT2D eigenvalue weighted by Crippen LogP contribution is -2.22. The van der Waals surface area contributed by atoms with Crippen LogP contribution >= 0.6 is 0 Å². The maximum atomic E-state index is 12.0. The molecule has 0 saturated carbocycles. The quantitative estimate of drug-likeness (QED) is 0.353. The van der Waals surface area contributed by atoms with Crippen LogP contribution in [0.4, 0.5) is 0 Å². The van der Waals surface area contributed by atoms with Gasteiger partial charge < -0.3 is 29.6 Å². The predicted molar refractivity (Wildman–Crippen MR) is 132 cm³/mol. The number of carbonyl (C=O) groups is 2. The molecule has 2 amide bonds. The lowest BCUT2D eigenvalue weighted by molar-refractivity contribution is -0.117. The van der Waals surface area contributed by atoms with Crippen LogP contribution in [0, 0.1) is 0 Å². The Bertz CT molecular complexity index is 1010. The highest BCUT2D eigenvalue weighted by Gasteiger charge is 2.13. The van der Waals surface area contributed by atoms with E-state index >= 15 is 0 Å². The monoisotopic (exact) mass is 478 g/mol. The number of ether oxygens (including phenoxy) is 4. The molecule has 0 bridgehead atoms. The maximum absolute atomic E-state index is 12.0. The summed E-state index contributed by atoms with van der Waals surface area (Å²) >= 11 is 0. The molecular weight excluding hydrogens is 448 g/mol. The molecule has 0 aliphatic carbocycles. The minimum atomic E-state index is -0.112. The van der Waals surface area contributed by atoms with Crippen molar-refractivity contribution in [2.24, 2.45) is 0 Å². The molecule has 8 nitrogen and oxygen atoms in total. The molecule has 2 aliphatic rings. The first-order chi connectivity index (χ1) is 17.2. The van der Waals surface area contributed by atoms with Crippen LogP contribution in [-0.2, 0) is 9.59 Å². The van der Waals surface area contributed by atoms with Crippen molar-refractivity contribution in [2.75, 3.05) is 26.7 Å². The van der Waals surface area contributed by atoms with Gasteiger partial charge in [0.25, 0.3) is 0 Å². The van der Waals surface area contributed by atoms with Crippen molar-refractivity contribution in [3.63, 3.8) is 0 Å². The topological polar surface area (TPSA) is 95.1 Å². The number of hydrogen-bond acceptors (Lipinski definition) is 6. The van der Waals surface area contributed by atoms with Crippen molar-refractivity contribution in [3.8, 4) is 23.0 Å². The van der Waals surface area contributed by atoms with Gasteiger partial charge in [0.15, 0.2) is 23.0 Å². The standard InChI is InChI=1S/C27H30N2O6/c30-26(12-8-20-6-10-22-24(16-20)34-18-32-22)28-14-4-2-1-3-5-15-29-27(31)13-9-21-7-11-23-25(17-21)35-19-33-23/h6-13,16-17H,1-5,14-15,18-19H2,(H,28,30)(H,29,31). The minimum Gasteiger partial charge on any atom is -0.454 e. The summed E-state index contributed by atoms with van der Waals surface area (Å²) in [4.78, 5) is 23.9.